The van der Waals surface area contributed by atoms with Crippen molar-refractivity contribution in [3.8, 4) is 6.07 Å². The highest BCUT2D eigenvalue weighted by atomic mass is 35.5. The fourth-order valence-electron chi connectivity index (χ4n) is 1.73. The smallest absolute Gasteiger partial charge is 0.228 e. The number of carbonyl (C=O) groups excluding carboxylic acids is 1. The molecule has 0 heterocycles. The molecule has 2 rings (SSSR count). The predicted molar refractivity (Wildman–Crippen MR) is 74.9 cm³/mol. The van der Waals surface area contributed by atoms with Gasteiger partial charge in [0.15, 0.2) is 0 Å². The van der Waals surface area contributed by atoms with Crippen LogP contribution in [0.4, 0.5) is 10.1 Å². The Morgan fingerprint density at radius 1 is 1.30 bits per heavy atom. The Kier molecular flexibility index (Phi) is 4.34. The minimum absolute atomic E-state index is 0.156. The van der Waals surface area contributed by atoms with Gasteiger partial charge in [-0.25, -0.2) is 4.39 Å². The van der Waals surface area contributed by atoms with Crippen LogP contribution in [0.25, 0.3) is 0 Å². The quantitative estimate of drug-likeness (QED) is 0.939. The van der Waals surface area contributed by atoms with Crippen LogP contribution in [0, 0.1) is 17.1 Å². The van der Waals surface area contributed by atoms with E-state index < -0.39 is 11.7 Å². The van der Waals surface area contributed by atoms with Crippen LogP contribution in [0.3, 0.4) is 0 Å². The molecule has 20 heavy (non-hydrogen) atoms. The SMILES string of the molecule is N#Cc1cccc(NC(=O)Cc2c(F)cccc2Cl)c1. The van der Waals surface area contributed by atoms with E-state index >= 15 is 0 Å². The van der Waals surface area contributed by atoms with Crippen LogP contribution >= 0.6 is 11.6 Å². The number of amides is 1. The minimum atomic E-state index is -0.515. The Balaban J connectivity index is 2.11. The van der Waals surface area contributed by atoms with E-state index in [9.17, 15) is 9.18 Å². The number of halogens is 2. The molecule has 0 aromatic heterocycles. The Bertz CT molecular complexity index is 674. The standard InChI is InChI=1S/C15H10ClFN2O/c16-13-5-2-6-14(17)12(13)8-15(20)19-11-4-1-3-10(7-11)9-18/h1-7H,8H2,(H,19,20). The number of rotatable bonds is 3. The van der Waals surface area contributed by atoms with Gasteiger partial charge in [0.25, 0.3) is 0 Å². The third kappa shape index (κ3) is 3.34. The topological polar surface area (TPSA) is 52.9 Å². The summed E-state index contributed by atoms with van der Waals surface area (Å²) in [6, 6.07) is 12.7. The molecular weight excluding hydrogens is 279 g/mol. The molecule has 100 valence electrons. The summed E-state index contributed by atoms with van der Waals surface area (Å²) in [5, 5.41) is 11.6. The number of benzene rings is 2. The van der Waals surface area contributed by atoms with Crippen molar-refractivity contribution in [1.29, 1.82) is 5.26 Å². The van der Waals surface area contributed by atoms with Crippen LogP contribution in [-0.4, -0.2) is 5.91 Å². The molecule has 0 aliphatic carbocycles. The molecular formula is C15H10ClFN2O. The van der Waals surface area contributed by atoms with Gasteiger partial charge >= 0.3 is 0 Å². The molecule has 0 saturated heterocycles. The van der Waals surface area contributed by atoms with E-state index in [4.69, 9.17) is 16.9 Å². The molecule has 2 aromatic carbocycles. The summed E-state index contributed by atoms with van der Waals surface area (Å²) in [4.78, 5) is 11.9. The Hall–Kier alpha value is -2.38. The molecule has 0 aliphatic heterocycles. The molecule has 0 bridgehead atoms. The second-order valence-electron chi connectivity index (χ2n) is 4.12. The van der Waals surface area contributed by atoms with Crippen LogP contribution in [-0.2, 0) is 11.2 Å². The third-order valence-corrected chi connectivity index (χ3v) is 3.03. The van der Waals surface area contributed by atoms with Gasteiger partial charge < -0.3 is 5.32 Å². The molecule has 3 nitrogen and oxygen atoms in total. The van der Waals surface area contributed by atoms with Gasteiger partial charge in [0.1, 0.15) is 5.82 Å². The van der Waals surface area contributed by atoms with Gasteiger partial charge in [-0.1, -0.05) is 23.7 Å². The highest BCUT2D eigenvalue weighted by Crippen LogP contribution is 2.20. The Morgan fingerprint density at radius 2 is 2.05 bits per heavy atom. The number of nitriles is 1. The van der Waals surface area contributed by atoms with Crippen molar-refractivity contribution in [2.24, 2.45) is 0 Å². The fourth-order valence-corrected chi connectivity index (χ4v) is 1.96. The van der Waals surface area contributed by atoms with E-state index in [1.54, 1.807) is 24.3 Å². The normalized spacial score (nSPS) is 9.85. The van der Waals surface area contributed by atoms with Crippen LogP contribution in [0.2, 0.25) is 5.02 Å². The van der Waals surface area contributed by atoms with Gasteiger partial charge in [0.2, 0.25) is 5.91 Å². The van der Waals surface area contributed by atoms with E-state index in [1.807, 2.05) is 6.07 Å². The number of anilines is 1. The first-order valence-corrected chi connectivity index (χ1v) is 6.21. The van der Waals surface area contributed by atoms with Crippen molar-refractivity contribution in [1.82, 2.24) is 0 Å². The van der Waals surface area contributed by atoms with Crippen molar-refractivity contribution >= 4 is 23.2 Å². The van der Waals surface area contributed by atoms with Gasteiger partial charge in [-0.3, -0.25) is 4.79 Å². The minimum Gasteiger partial charge on any atom is -0.326 e. The summed E-state index contributed by atoms with van der Waals surface area (Å²) in [6.07, 6.45) is -0.164. The highest BCUT2D eigenvalue weighted by molar-refractivity contribution is 6.31. The van der Waals surface area contributed by atoms with Crippen LogP contribution in [0.1, 0.15) is 11.1 Å². The molecule has 0 fully saturated rings. The second-order valence-corrected chi connectivity index (χ2v) is 4.52. The van der Waals surface area contributed by atoms with Crippen LogP contribution in [0.15, 0.2) is 42.5 Å². The van der Waals surface area contributed by atoms with Crippen LogP contribution in [0.5, 0.6) is 0 Å². The molecule has 0 unspecified atom stereocenters. The van der Waals surface area contributed by atoms with Gasteiger partial charge in [-0.15, -0.1) is 0 Å². The largest absolute Gasteiger partial charge is 0.326 e. The van der Waals surface area contributed by atoms with E-state index in [2.05, 4.69) is 5.32 Å². The summed E-state index contributed by atoms with van der Waals surface area (Å²) in [5.74, 6) is -0.912. The molecule has 2 aromatic rings. The maximum atomic E-state index is 13.6. The molecule has 0 saturated carbocycles. The van der Waals surface area contributed by atoms with Gasteiger partial charge in [0.05, 0.1) is 18.1 Å². The summed E-state index contributed by atoms with van der Waals surface area (Å²) in [5.41, 5.74) is 1.08. The van der Waals surface area contributed by atoms with Gasteiger partial charge in [-0.05, 0) is 30.3 Å². The van der Waals surface area contributed by atoms with Gasteiger partial charge in [-0.2, -0.15) is 5.26 Å². The van der Waals surface area contributed by atoms with Crippen molar-refractivity contribution in [2.45, 2.75) is 6.42 Å². The van der Waals surface area contributed by atoms with E-state index in [1.165, 1.54) is 18.2 Å². The molecule has 5 heteroatoms. The lowest BCUT2D eigenvalue weighted by atomic mass is 10.1. The number of hydrogen-bond donors (Lipinski definition) is 1. The van der Waals surface area contributed by atoms with Crippen molar-refractivity contribution in [3.05, 3.63) is 64.4 Å². The Labute approximate surface area is 120 Å². The molecule has 1 N–H and O–H groups in total. The summed E-state index contributed by atoms with van der Waals surface area (Å²) >= 11 is 5.86. The number of nitrogens with zero attached hydrogens (tertiary/aromatic N) is 1. The zero-order chi connectivity index (χ0) is 14.5. The van der Waals surface area contributed by atoms with E-state index in [-0.39, 0.29) is 17.0 Å². The summed E-state index contributed by atoms with van der Waals surface area (Å²) in [6.45, 7) is 0. The van der Waals surface area contributed by atoms with Crippen molar-refractivity contribution in [2.75, 3.05) is 5.32 Å². The summed E-state index contributed by atoms with van der Waals surface area (Å²) < 4.78 is 13.6. The molecule has 0 atom stereocenters. The predicted octanol–water partition coefficient (Wildman–Crippen LogP) is 3.53. The number of nitrogens with one attached hydrogen (secondary N) is 1. The maximum Gasteiger partial charge on any atom is 0.228 e. The lowest BCUT2D eigenvalue weighted by Gasteiger charge is -2.07. The first kappa shape index (κ1) is 14.0. The molecule has 0 radical (unpaired) electrons. The highest BCUT2D eigenvalue weighted by Gasteiger charge is 2.12. The zero-order valence-corrected chi connectivity index (χ0v) is 11.1. The molecule has 1 amide bonds. The van der Waals surface area contributed by atoms with E-state index in [0.29, 0.717) is 11.3 Å². The first-order valence-electron chi connectivity index (χ1n) is 5.83. The van der Waals surface area contributed by atoms with Gasteiger partial charge in [0, 0.05) is 16.3 Å². The average molecular weight is 289 g/mol. The first-order chi connectivity index (χ1) is 9.60. The monoisotopic (exact) mass is 288 g/mol. The summed E-state index contributed by atoms with van der Waals surface area (Å²) in [7, 11) is 0. The Morgan fingerprint density at radius 3 is 2.75 bits per heavy atom. The molecule has 0 spiro atoms. The lowest BCUT2D eigenvalue weighted by molar-refractivity contribution is -0.115. The molecule has 0 aliphatic rings. The maximum absolute atomic E-state index is 13.6. The van der Waals surface area contributed by atoms with E-state index in [0.717, 1.165) is 0 Å². The van der Waals surface area contributed by atoms with Crippen LogP contribution < -0.4 is 5.32 Å². The fraction of sp³-hybridized carbons (Fsp3) is 0.0667. The zero-order valence-electron chi connectivity index (χ0n) is 10.4. The second kappa shape index (κ2) is 6.18. The van der Waals surface area contributed by atoms with Crippen molar-refractivity contribution < 1.29 is 9.18 Å². The average Bonchev–Trinajstić information content (AvgIpc) is 2.43. The number of carbonyl (C=O) groups is 1. The van der Waals surface area contributed by atoms with Crippen molar-refractivity contribution in [3.63, 3.8) is 0 Å². The third-order valence-electron chi connectivity index (χ3n) is 2.67. The lowest BCUT2D eigenvalue weighted by Crippen LogP contribution is -2.15. The number of hydrogen-bond acceptors (Lipinski definition) is 2.